The smallest absolute Gasteiger partial charge is 0.0561 e. The van der Waals surface area contributed by atoms with E-state index in [1.165, 1.54) is 0 Å². The van der Waals surface area contributed by atoms with Gasteiger partial charge >= 0.3 is 153 Å². The van der Waals surface area contributed by atoms with E-state index in [9.17, 15) is 0 Å². The fraction of sp³-hybridized carbons (Fsp3) is 1.00. The van der Waals surface area contributed by atoms with Crippen molar-refractivity contribution in [3.8, 4) is 0 Å². The molecule has 0 amide bonds. The topological polar surface area (TPSA) is 0 Å². The summed E-state index contributed by atoms with van der Waals surface area (Å²) < 4.78 is 0. The molecule has 0 fully saturated rings. The van der Waals surface area contributed by atoms with E-state index in [0.717, 1.165) is 0 Å². The first-order valence-electron chi connectivity index (χ1n) is 12.8. The molecule has 0 bridgehead atoms. The van der Waals surface area contributed by atoms with Crippen molar-refractivity contribution < 1.29 is 0 Å². The van der Waals surface area contributed by atoms with Crippen molar-refractivity contribution in [2.45, 2.75) is 174 Å². The molecule has 0 aromatic carbocycles. The molecule has 0 aromatic heterocycles. The second-order valence-electron chi connectivity index (χ2n) is 16.8. The maximum atomic E-state index is 2.75. The molecule has 0 aliphatic carbocycles. The largest absolute Gasteiger partial charge is 0.0703 e. The second-order valence-corrected chi connectivity index (χ2v) is 52.2. The van der Waals surface area contributed by atoms with Crippen LogP contribution in [0.25, 0.3) is 0 Å². The van der Waals surface area contributed by atoms with Crippen LogP contribution in [0, 0.1) is 0 Å². The molecule has 0 nitrogen and oxygen atoms in total. The first-order chi connectivity index (χ1) is 13.3. The van der Waals surface area contributed by atoms with Gasteiger partial charge in [-0.15, -0.1) is 0 Å². The summed E-state index contributed by atoms with van der Waals surface area (Å²) in [5.74, 6) is -0.415. The third-order valence-corrected chi connectivity index (χ3v) is 70.6. The van der Waals surface area contributed by atoms with Gasteiger partial charge in [0.05, 0.1) is 8.80 Å². The molecule has 0 rings (SSSR count). The average molecular weight is 580 g/mol. The summed E-state index contributed by atoms with van der Waals surface area (Å²) in [6.07, 6.45) is 0. The molecular weight excluding hydrogens is 516 g/mol. The standard InChI is InChI=1S/C18H42GeSi3.C9H21Si.Li/c1-15(2,3)21(13,16(4,5)6)20(19)22(14,17(7,8)9)18(10,11)12;1-8(2,3)10(7)9(4,5)6;/h1-14H3;1-7H3;. The minimum absolute atomic E-state index is 0. The van der Waals surface area contributed by atoms with Gasteiger partial charge in [0.2, 0.25) is 0 Å². The van der Waals surface area contributed by atoms with Crippen LogP contribution in [-0.2, 0) is 0 Å². The Balaban J connectivity index is -0.000000690. The molecule has 0 aliphatic rings. The fourth-order valence-electron chi connectivity index (χ4n) is 5.38. The Kier molecular flexibility index (Phi) is 14.1. The molecule has 0 aromatic rings. The SMILES string of the molecule is CC(C)(C)[Si](C)([Si](=[Ge])[Si](C)(C(C)(C)C)C(C)(C)C)C(C)(C)C.C[Si](C(C)(C)C)C(C)(C)C.[Li]. The second kappa shape index (κ2) is 11.8. The molecule has 0 N–H and O–H groups in total. The van der Waals surface area contributed by atoms with Gasteiger partial charge in [-0.25, -0.2) is 0 Å². The Bertz CT molecular complexity index is 548. The van der Waals surface area contributed by atoms with Gasteiger partial charge in [0, 0.05) is 18.9 Å². The van der Waals surface area contributed by atoms with Crippen molar-refractivity contribution in [1.82, 2.24) is 0 Å². The molecule has 0 saturated heterocycles. The summed E-state index contributed by atoms with van der Waals surface area (Å²) in [5, 5.41) is 2.97. The molecule has 0 unspecified atom stereocenters. The first-order valence-corrected chi connectivity index (χ1v) is 26.4. The van der Waals surface area contributed by atoms with Gasteiger partial charge in [0.25, 0.3) is 0 Å². The summed E-state index contributed by atoms with van der Waals surface area (Å²) in [5.41, 5.74) is 0. The van der Waals surface area contributed by atoms with Gasteiger partial charge in [-0.3, -0.25) is 0 Å². The molecular formula is C27H63GeLiSi4. The summed E-state index contributed by atoms with van der Waals surface area (Å²) >= 11 is 2.75. The van der Waals surface area contributed by atoms with E-state index in [1.807, 2.05) is 0 Å². The summed E-state index contributed by atoms with van der Waals surface area (Å²) in [6, 6.07) is 0. The van der Waals surface area contributed by atoms with Crippen LogP contribution in [0.3, 0.4) is 0 Å². The van der Waals surface area contributed by atoms with Crippen LogP contribution in [0.15, 0.2) is 0 Å². The third-order valence-electron chi connectivity index (χ3n) is 9.25. The van der Waals surface area contributed by atoms with Crippen molar-refractivity contribution >= 4 is 64.1 Å². The fourth-order valence-corrected chi connectivity index (χ4v) is 78.9. The van der Waals surface area contributed by atoms with Crippen molar-refractivity contribution in [3.63, 3.8) is 0 Å². The molecule has 4 radical (unpaired) electrons. The molecule has 0 aliphatic heterocycles. The zero-order valence-corrected chi connectivity index (χ0v) is 33.6. The third kappa shape index (κ3) is 9.06. The average Bonchev–Trinajstić information content (AvgIpc) is 2.46. The molecule has 6 heteroatoms. The van der Waals surface area contributed by atoms with Crippen molar-refractivity contribution in [3.05, 3.63) is 0 Å². The molecule has 0 heterocycles. The molecule has 0 atom stereocenters. The van der Waals surface area contributed by atoms with Crippen molar-refractivity contribution in [1.29, 1.82) is 0 Å². The van der Waals surface area contributed by atoms with Crippen LogP contribution in [-0.4, -0.2) is 64.1 Å². The first kappa shape index (κ1) is 39.5. The Labute approximate surface area is 237 Å². The number of hydrogen-bond donors (Lipinski definition) is 0. The minimum Gasteiger partial charge on any atom is -0.0703 e. The quantitative estimate of drug-likeness (QED) is 0.286. The Morgan fingerprint density at radius 3 is 0.667 bits per heavy atom. The van der Waals surface area contributed by atoms with Crippen LogP contribution in [0.2, 0.25) is 49.9 Å². The van der Waals surface area contributed by atoms with Gasteiger partial charge in [-0.1, -0.05) is 48.1 Å². The number of hydrogen-bond acceptors (Lipinski definition) is 0. The van der Waals surface area contributed by atoms with E-state index in [0.29, 0.717) is 30.2 Å². The van der Waals surface area contributed by atoms with Crippen LogP contribution in [0.1, 0.15) is 125 Å². The normalized spacial score (nSPS) is 15.0. The van der Waals surface area contributed by atoms with Gasteiger partial charge in [0.15, 0.2) is 0 Å². The van der Waals surface area contributed by atoms with Crippen molar-refractivity contribution in [2.24, 2.45) is 0 Å². The zero-order valence-electron chi connectivity index (χ0n) is 27.5. The summed E-state index contributed by atoms with van der Waals surface area (Å²) in [7, 11) is -3.12. The molecule has 0 saturated carbocycles. The maximum absolute atomic E-state index is 2.75. The maximum Gasteiger partial charge on any atom is 0.0561 e. The van der Waals surface area contributed by atoms with Gasteiger partial charge in [-0.2, -0.15) is 0 Å². The van der Waals surface area contributed by atoms with Crippen molar-refractivity contribution in [2.75, 3.05) is 0 Å². The zero-order chi connectivity index (χ0) is 27.2. The van der Waals surface area contributed by atoms with Gasteiger partial charge < -0.3 is 0 Å². The van der Waals surface area contributed by atoms with Crippen LogP contribution in [0.4, 0.5) is 0 Å². The summed E-state index contributed by atoms with van der Waals surface area (Å²) in [6.45, 7) is 52.6. The van der Waals surface area contributed by atoms with E-state index >= 15 is 0 Å². The predicted molar refractivity (Wildman–Crippen MR) is 170 cm³/mol. The van der Waals surface area contributed by atoms with E-state index in [4.69, 9.17) is 0 Å². The van der Waals surface area contributed by atoms with Gasteiger partial charge in [0.1, 0.15) is 0 Å². The monoisotopic (exact) mass is 580 g/mol. The summed E-state index contributed by atoms with van der Waals surface area (Å²) in [4.78, 5) is 0. The van der Waals surface area contributed by atoms with E-state index < -0.39 is 21.1 Å². The Hall–Kier alpha value is 2.01. The van der Waals surface area contributed by atoms with Crippen LogP contribution < -0.4 is 0 Å². The molecule has 192 valence electrons. The predicted octanol–water partition coefficient (Wildman–Crippen LogP) is 9.99. The molecule has 33 heavy (non-hydrogen) atoms. The van der Waals surface area contributed by atoms with Gasteiger partial charge in [-0.05, 0) is 10.1 Å². The van der Waals surface area contributed by atoms with Crippen LogP contribution in [0.5, 0.6) is 0 Å². The number of rotatable bonds is 2. The van der Waals surface area contributed by atoms with E-state index in [2.05, 4.69) is 160 Å². The van der Waals surface area contributed by atoms with E-state index in [1.54, 1.807) is 0 Å². The molecule has 0 spiro atoms. The Morgan fingerprint density at radius 2 is 0.606 bits per heavy atom. The van der Waals surface area contributed by atoms with Crippen LogP contribution >= 0.6 is 0 Å². The minimum atomic E-state index is -1.45. The Morgan fingerprint density at radius 1 is 0.455 bits per heavy atom. The van der Waals surface area contributed by atoms with E-state index in [-0.39, 0.29) is 27.7 Å².